The third-order valence-electron chi connectivity index (χ3n) is 2.78. The number of carbonyl (C=O) groups excluding carboxylic acids is 1. The predicted molar refractivity (Wildman–Crippen MR) is 87.7 cm³/mol. The summed E-state index contributed by atoms with van der Waals surface area (Å²) >= 11 is 0. The lowest BCUT2D eigenvalue weighted by molar-refractivity contribution is 0.343. The standard InChI is InChI=1S/C11H16O2.C7H5NO/c1-2-3-5-10-7-8-11(13-10)6-4-9-12;9-6-8-7-4-2-1-3-5-7/h4,6-8,12H,2-3,5,9H2,1H3;1-5H/b6-4+;. The molecule has 0 amide bonds. The summed E-state index contributed by atoms with van der Waals surface area (Å²) in [4.78, 5) is 13.1. The van der Waals surface area contributed by atoms with Gasteiger partial charge in [0.25, 0.3) is 0 Å². The second-order valence-corrected chi connectivity index (χ2v) is 4.53. The Bertz CT molecular complexity index is 596. The van der Waals surface area contributed by atoms with E-state index in [0.717, 1.165) is 24.4 Å². The second-order valence-electron chi connectivity index (χ2n) is 4.53. The highest BCUT2D eigenvalue weighted by Gasteiger charge is 1.97. The zero-order chi connectivity index (χ0) is 16.0. The fourth-order valence-corrected chi connectivity index (χ4v) is 1.69. The summed E-state index contributed by atoms with van der Waals surface area (Å²) in [7, 11) is 0. The zero-order valence-corrected chi connectivity index (χ0v) is 12.7. The molecule has 0 unspecified atom stereocenters. The Hall–Kier alpha value is -2.42. The van der Waals surface area contributed by atoms with Gasteiger partial charge in [0.1, 0.15) is 11.5 Å². The van der Waals surface area contributed by atoms with Crippen molar-refractivity contribution in [3.8, 4) is 0 Å². The maximum atomic E-state index is 9.68. The molecule has 0 aliphatic carbocycles. The van der Waals surface area contributed by atoms with E-state index in [1.807, 2.05) is 30.3 Å². The van der Waals surface area contributed by atoms with E-state index in [9.17, 15) is 4.79 Å². The van der Waals surface area contributed by atoms with Gasteiger partial charge in [-0.25, -0.2) is 4.79 Å². The van der Waals surface area contributed by atoms with Gasteiger partial charge >= 0.3 is 0 Å². The Morgan fingerprint density at radius 3 is 2.64 bits per heavy atom. The van der Waals surface area contributed by atoms with Crippen LogP contribution < -0.4 is 0 Å². The minimum atomic E-state index is 0.0605. The Labute approximate surface area is 130 Å². The lowest BCUT2D eigenvalue weighted by Crippen LogP contribution is -1.78. The molecule has 0 radical (unpaired) electrons. The fourth-order valence-electron chi connectivity index (χ4n) is 1.69. The number of furan rings is 1. The Morgan fingerprint density at radius 1 is 1.23 bits per heavy atom. The summed E-state index contributed by atoms with van der Waals surface area (Å²) in [5.74, 6) is 1.85. The molecule has 116 valence electrons. The average molecular weight is 299 g/mol. The lowest BCUT2D eigenvalue weighted by atomic mass is 10.2. The van der Waals surface area contributed by atoms with Gasteiger partial charge < -0.3 is 9.52 Å². The Morgan fingerprint density at radius 2 is 2.00 bits per heavy atom. The number of aryl methyl sites for hydroxylation is 1. The first-order valence-electron chi connectivity index (χ1n) is 7.29. The Kier molecular flexibility index (Phi) is 9.03. The summed E-state index contributed by atoms with van der Waals surface area (Å²) in [6.07, 6.45) is 8.27. The van der Waals surface area contributed by atoms with Crippen LogP contribution in [0.3, 0.4) is 0 Å². The van der Waals surface area contributed by atoms with Crippen molar-refractivity contribution < 1.29 is 14.3 Å². The van der Waals surface area contributed by atoms with Gasteiger partial charge in [0.2, 0.25) is 6.08 Å². The third-order valence-corrected chi connectivity index (χ3v) is 2.78. The summed E-state index contributed by atoms with van der Waals surface area (Å²) in [5.41, 5.74) is 0.646. The highest BCUT2D eigenvalue weighted by molar-refractivity contribution is 5.47. The van der Waals surface area contributed by atoms with Crippen LogP contribution in [0.4, 0.5) is 5.69 Å². The van der Waals surface area contributed by atoms with Gasteiger partial charge in [-0.1, -0.05) is 37.6 Å². The highest BCUT2D eigenvalue weighted by Crippen LogP contribution is 2.12. The highest BCUT2D eigenvalue weighted by atomic mass is 16.3. The smallest absolute Gasteiger partial charge is 0.240 e. The van der Waals surface area contributed by atoms with E-state index in [2.05, 4.69) is 11.9 Å². The van der Waals surface area contributed by atoms with Gasteiger partial charge in [-0.15, -0.1) is 0 Å². The van der Waals surface area contributed by atoms with Crippen LogP contribution in [-0.4, -0.2) is 17.8 Å². The average Bonchev–Trinajstić information content (AvgIpc) is 3.01. The van der Waals surface area contributed by atoms with Crippen molar-refractivity contribution in [2.45, 2.75) is 26.2 Å². The molecule has 0 atom stereocenters. The topological polar surface area (TPSA) is 62.8 Å². The van der Waals surface area contributed by atoms with Crippen molar-refractivity contribution >= 4 is 17.8 Å². The molecule has 0 fully saturated rings. The number of hydrogen-bond acceptors (Lipinski definition) is 4. The van der Waals surface area contributed by atoms with E-state index in [1.54, 1.807) is 24.3 Å². The fraction of sp³-hybridized carbons (Fsp3) is 0.278. The first-order valence-corrected chi connectivity index (χ1v) is 7.29. The van der Waals surface area contributed by atoms with Crippen LogP contribution in [0.2, 0.25) is 0 Å². The number of aliphatic hydroxyl groups excluding tert-OH is 1. The van der Waals surface area contributed by atoms with E-state index in [4.69, 9.17) is 9.52 Å². The molecule has 2 aromatic rings. The quantitative estimate of drug-likeness (QED) is 0.639. The lowest BCUT2D eigenvalue weighted by Gasteiger charge is -1.92. The van der Waals surface area contributed by atoms with E-state index in [1.165, 1.54) is 12.5 Å². The number of hydrogen-bond donors (Lipinski definition) is 1. The molecular weight excluding hydrogens is 278 g/mol. The summed E-state index contributed by atoms with van der Waals surface area (Å²) in [6.45, 7) is 2.22. The molecule has 1 heterocycles. The van der Waals surface area contributed by atoms with Crippen molar-refractivity contribution in [3.63, 3.8) is 0 Å². The first kappa shape index (κ1) is 17.6. The number of aliphatic imine (C=N–C) groups is 1. The van der Waals surface area contributed by atoms with Crippen LogP contribution in [0.15, 0.2) is 58.0 Å². The van der Waals surface area contributed by atoms with Crippen LogP contribution in [0.25, 0.3) is 6.08 Å². The van der Waals surface area contributed by atoms with Crippen LogP contribution >= 0.6 is 0 Å². The van der Waals surface area contributed by atoms with Crippen LogP contribution in [0.1, 0.15) is 31.3 Å². The molecular formula is C18H21NO3. The van der Waals surface area contributed by atoms with Gasteiger partial charge in [-0.3, -0.25) is 0 Å². The van der Waals surface area contributed by atoms with E-state index in [0.29, 0.717) is 5.69 Å². The molecule has 4 nitrogen and oxygen atoms in total. The maximum Gasteiger partial charge on any atom is 0.240 e. The molecule has 0 saturated carbocycles. The van der Waals surface area contributed by atoms with Crippen LogP contribution in [0, 0.1) is 0 Å². The molecule has 0 saturated heterocycles. The molecule has 4 heteroatoms. The minimum absolute atomic E-state index is 0.0605. The van der Waals surface area contributed by atoms with E-state index < -0.39 is 0 Å². The third kappa shape index (κ3) is 7.39. The van der Waals surface area contributed by atoms with Gasteiger partial charge in [-0.2, -0.15) is 4.99 Å². The molecule has 0 aliphatic heterocycles. The molecule has 1 N–H and O–H groups in total. The van der Waals surface area contributed by atoms with Crippen molar-refractivity contribution in [1.29, 1.82) is 0 Å². The summed E-state index contributed by atoms with van der Waals surface area (Å²) in [5, 5.41) is 8.55. The molecule has 0 bridgehead atoms. The molecule has 1 aromatic carbocycles. The van der Waals surface area contributed by atoms with E-state index in [-0.39, 0.29) is 6.61 Å². The SMILES string of the molecule is CCCCc1ccc(/C=C/CO)o1.O=C=Nc1ccccc1. The van der Waals surface area contributed by atoms with Crippen LogP contribution in [-0.2, 0) is 11.2 Å². The zero-order valence-electron chi connectivity index (χ0n) is 12.7. The number of isocyanates is 1. The first-order chi connectivity index (χ1) is 10.8. The molecule has 1 aromatic heterocycles. The molecule has 22 heavy (non-hydrogen) atoms. The van der Waals surface area contributed by atoms with Crippen molar-refractivity contribution in [2.24, 2.45) is 4.99 Å². The maximum absolute atomic E-state index is 9.68. The van der Waals surface area contributed by atoms with Crippen molar-refractivity contribution in [2.75, 3.05) is 6.61 Å². The van der Waals surface area contributed by atoms with Crippen molar-refractivity contribution in [1.82, 2.24) is 0 Å². The Balaban J connectivity index is 0.000000235. The molecule has 0 aliphatic rings. The van der Waals surface area contributed by atoms with Gasteiger partial charge in [0, 0.05) is 6.42 Å². The largest absolute Gasteiger partial charge is 0.462 e. The van der Waals surface area contributed by atoms with Gasteiger partial charge in [0.05, 0.1) is 12.3 Å². The normalized spacial score (nSPS) is 9.91. The minimum Gasteiger partial charge on any atom is -0.462 e. The summed E-state index contributed by atoms with van der Waals surface area (Å²) < 4.78 is 5.49. The number of rotatable bonds is 6. The van der Waals surface area contributed by atoms with E-state index >= 15 is 0 Å². The number of para-hydroxylation sites is 1. The number of aliphatic hydroxyl groups is 1. The predicted octanol–water partition coefficient (Wildman–Crippen LogP) is 4.28. The van der Waals surface area contributed by atoms with Crippen molar-refractivity contribution in [3.05, 3.63) is 60.1 Å². The monoisotopic (exact) mass is 299 g/mol. The number of nitrogens with zero attached hydrogens (tertiary/aromatic N) is 1. The number of benzene rings is 1. The molecule has 0 spiro atoms. The van der Waals surface area contributed by atoms with Gasteiger partial charge in [0.15, 0.2) is 0 Å². The van der Waals surface area contributed by atoms with Gasteiger partial charge in [-0.05, 0) is 36.8 Å². The van der Waals surface area contributed by atoms with Crippen LogP contribution in [0.5, 0.6) is 0 Å². The number of unbranched alkanes of at least 4 members (excludes halogenated alkanes) is 1. The molecule has 2 rings (SSSR count). The second kappa shape index (κ2) is 11.3. The summed E-state index contributed by atoms with van der Waals surface area (Å²) in [6, 6.07) is 12.9.